The van der Waals surface area contributed by atoms with E-state index >= 15 is 0 Å². The van der Waals surface area contributed by atoms with Crippen LogP contribution in [0.1, 0.15) is 34.1 Å². The lowest BCUT2D eigenvalue weighted by Gasteiger charge is -2.36. The summed E-state index contributed by atoms with van der Waals surface area (Å²) in [5, 5.41) is 0. The molecule has 0 bridgehead atoms. The summed E-state index contributed by atoms with van der Waals surface area (Å²) in [6.07, 6.45) is 0.144. The zero-order valence-electron chi connectivity index (χ0n) is 12.9. The van der Waals surface area contributed by atoms with E-state index in [-0.39, 0.29) is 12.0 Å². The van der Waals surface area contributed by atoms with E-state index in [1.165, 1.54) is 0 Å². The van der Waals surface area contributed by atoms with E-state index < -0.39 is 15.3 Å². The summed E-state index contributed by atoms with van der Waals surface area (Å²) >= 11 is 12.1. The van der Waals surface area contributed by atoms with Crippen molar-refractivity contribution >= 4 is 35.2 Å². The van der Waals surface area contributed by atoms with Crippen molar-refractivity contribution in [2.24, 2.45) is 5.41 Å². The molecule has 0 radical (unpaired) electrons. The molecule has 1 heterocycles. The number of amides is 2. The molecule has 2 aliphatic rings. The molecular weight excluding hydrogens is 315 g/mol. The van der Waals surface area contributed by atoms with Gasteiger partial charge in [0.05, 0.1) is 5.41 Å². The molecule has 0 aromatic rings. The highest BCUT2D eigenvalue weighted by atomic mass is 35.5. The number of halogens is 2. The molecule has 5 nitrogen and oxygen atoms in total. The third-order valence-corrected chi connectivity index (χ3v) is 5.05. The van der Waals surface area contributed by atoms with E-state index in [1.54, 1.807) is 16.7 Å². The van der Waals surface area contributed by atoms with E-state index in [1.807, 2.05) is 20.8 Å². The van der Waals surface area contributed by atoms with Crippen molar-refractivity contribution in [1.29, 1.82) is 0 Å². The fraction of sp³-hybridized carbons (Fsp3) is 0.857. The molecule has 0 aromatic carbocycles. The monoisotopic (exact) mass is 336 g/mol. The first-order valence-electron chi connectivity index (χ1n) is 7.11. The summed E-state index contributed by atoms with van der Waals surface area (Å²) in [6.45, 7) is 9.19. The van der Waals surface area contributed by atoms with E-state index in [2.05, 4.69) is 0 Å². The van der Waals surface area contributed by atoms with E-state index in [4.69, 9.17) is 27.9 Å². The van der Waals surface area contributed by atoms with Crippen LogP contribution in [0.25, 0.3) is 0 Å². The topological polar surface area (TPSA) is 49.9 Å². The predicted octanol–water partition coefficient (Wildman–Crippen LogP) is 2.65. The Balaban J connectivity index is 1.87. The quantitative estimate of drug-likeness (QED) is 0.691. The second kappa shape index (κ2) is 5.20. The second-order valence-electron chi connectivity index (χ2n) is 6.97. The van der Waals surface area contributed by atoms with Gasteiger partial charge in [-0.15, -0.1) is 23.2 Å². The molecule has 2 fully saturated rings. The number of hydrogen-bond donors (Lipinski definition) is 0. The Morgan fingerprint density at radius 3 is 1.86 bits per heavy atom. The molecule has 1 atom stereocenters. The number of ether oxygens (including phenoxy) is 1. The Kier molecular flexibility index (Phi) is 4.13. The fourth-order valence-corrected chi connectivity index (χ4v) is 3.10. The number of rotatable bonds is 1. The molecule has 1 saturated heterocycles. The molecule has 0 N–H and O–H groups in total. The van der Waals surface area contributed by atoms with Gasteiger partial charge in [0.1, 0.15) is 9.93 Å². The number of alkyl halides is 2. The minimum atomic E-state index is -0.952. The second-order valence-corrected chi connectivity index (χ2v) is 8.46. The summed E-state index contributed by atoms with van der Waals surface area (Å²) in [4.78, 5) is 27.7. The van der Waals surface area contributed by atoms with Crippen LogP contribution in [0, 0.1) is 5.41 Å². The van der Waals surface area contributed by atoms with Crippen LogP contribution in [-0.2, 0) is 9.53 Å². The average Bonchev–Trinajstić information content (AvgIpc) is 2.87. The Bertz CT molecular complexity index is 454. The molecule has 1 unspecified atom stereocenters. The van der Waals surface area contributed by atoms with Crippen molar-refractivity contribution in [2.75, 3.05) is 26.2 Å². The van der Waals surface area contributed by atoms with Gasteiger partial charge in [-0.2, -0.15) is 0 Å². The lowest BCUT2D eigenvalue weighted by atomic mass is 10.1. The van der Waals surface area contributed by atoms with Gasteiger partial charge < -0.3 is 14.5 Å². The number of carbonyl (C=O) groups excluding carboxylic acids is 2. The van der Waals surface area contributed by atoms with Crippen LogP contribution < -0.4 is 0 Å². The lowest BCUT2D eigenvalue weighted by Crippen LogP contribution is -2.53. The van der Waals surface area contributed by atoms with Crippen molar-refractivity contribution in [3.05, 3.63) is 0 Å². The molecule has 2 amide bonds. The highest BCUT2D eigenvalue weighted by molar-refractivity contribution is 6.53. The van der Waals surface area contributed by atoms with Gasteiger partial charge in [0, 0.05) is 26.2 Å². The van der Waals surface area contributed by atoms with Gasteiger partial charge in [-0.25, -0.2) is 4.79 Å². The first-order chi connectivity index (χ1) is 9.46. The van der Waals surface area contributed by atoms with Crippen molar-refractivity contribution < 1.29 is 14.3 Å². The maximum atomic E-state index is 12.4. The largest absolute Gasteiger partial charge is 0.444 e. The zero-order chi connectivity index (χ0) is 16.1. The minimum absolute atomic E-state index is 0.0312. The van der Waals surface area contributed by atoms with Crippen LogP contribution in [0.3, 0.4) is 0 Å². The van der Waals surface area contributed by atoms with Crippen molar-refractivity contribution in [2.45, 2.75) is 44.1 Å². The number of carbonyl (C=O) groups is 2. The molecule has 0 aromatic heterocycles. The number of hydrogen-bond acceptors (Lipinski definition) is 3. The average molecular weight is 337 g/mol. The molecule has 1 saturated carbocycles. The van der Waals surface area contributed by atoms with Crippen LogP contribution >= 0.6 is 23.2 Å². The van der Waals surface area contributed by atoms with Crippen molar-refractivity contribution in [3.8, 4) is 0 Å². The van der Waals surface area contributed by atoms with Crippen LogP contribution in [0.15, 0.2) is 0 Å². The molecular formula is C14H22Cl2N2O3. The van der Waals surface area contributed by atoms with E-state index in [0.29, 0.717) is 32.6 Å². The fourth-order valence-electron chi connectivity index (χ4n) is 2.40. The third-order valence-electron chi connectivity index (χ3n) is 3.95. The van der Waals surface area contributed by atoms with E-state index in [0.717, 1.165) is 0 Å². The maximum Gasteiger partial charge on any atom is 0.410 e. The standard InChI is InChI=1S/C14H22Cl2N2O3/c1-12(2,3)21-11(20)18-7-5-17(6-8-18)10(19)13(4)9-14(13,15)16/h5-9H2,1-4H3. The van der Waals surface area contributed by atoms with Gasteiger partial charge in [0.2, 0.25) is 5.91 Å². The summed E-state index contributed by atoms with van der Waals surface area (Å²) < 4.78 is 4.37. The Hall–Kier alpha value is -0.680. The van der Waals surface area contributed by atoms with Gasteiger partial charge >= 0.3 is 6.09 Å². The van der Waals surface area contributed by atoms with E-state index in [9.17, 15) is 9.59 Å². The highest BCUT2D eigenvalue weighted by Gasteiger charge is 2.68. The predicted molar refractivity (Wildman–Crippen MR) is 81.5 cm³/mol. The number of nitrogens with zero attached hydrogens (tertiary/aromatic N) is 2. The lowest BCUT2D eigenvalue weighted by molar-refractivity contribution is -0.138. The first-order valence-corrected chi connectivity index (χ1v) is 7.87. The summed E-state index contributed by atoms with van der Waals surface area (Å²) in [5.41, 5.74) is -1.20. The Labute approximate surface area is 135 Å². The molecule has 120 valence electrons. The number of piperazine rings is 1. The first kappa shape index (κ1) is 16.7. The SMILES string of the molecule is CC(C)(C)OC(=O)N1CCN(C(=O)C2(C)CC2(Cl)Cl)CC1. The molecule has 1 aliphatic heterocycles. The minimum Gasteiger partial charge on any atom is -0.444 e. The molecule has 1 aliphatic carbocycles. The van der Waals surface area contributed by atoms with Gasteiger partial charge in [0.25, 0.3) is 0 Å². The molecule has 7 heteroatoms. The summed E-state index contributed by atoms with van der Waals surface area (Å²) in [7, 11) is 0. The molecule has 0 spiro atoms. The third kappa shape index (κ3) is 3.39. The van der Waals surface area contributed by atoms with Crippen molar-refractivity contribution in [1.82, 2.24) is 9.80 Å². The van der Waals surface area contributed by atoms with Crippen LogP contribution in [0.5, 0.6) is 0 Å². The van der Waals surface area contributed by atoms with Crippen LogP contribution in [0.4, 0.5) is 4.79 Å². The van der Waals surface area contributed by atoms with Gasteiger partial charge in [-0.05, 0) is 34.1 Å². The summed E-state index contributed by atoms with van der Waals surface area (Å²) in [6, 6.07) is 0. The normalized spacial score (nSPS) is 28.3. The van der Waals surface area contributed by atoms with Crippen LogP contribution in [0.2, 0.25) is 0 Å². The van der Waals surface area contributed by atoms with Crippen molar-refractivity contribution in [3.63, 3.8) is 0 Å². The summed E-state index contributed by atoms with van der Waals surface area (Å²) in [5.74, 6) is -0.0312. The van der Waals surface area contributed by atoms with Crippen LogP contribution in [-0.4, -0.2) is 57.9 Å². The molecule has 2 rings (SSSR count). The van der Waals surface area contributed by atoms with Gasteiger partial charge in [-0.1, -0.05) is 0 Å². The Morgan fingerprint density at radius 1 is 1.05 bits per heavy atom. The maximum absolute atomic E-state index is 12.4. The highest BCUT2D eigenvalue weighted by Crippen LogP contribution is 2.64. The van der Waals surface area contributed by atoms with Gasteiger partial charge in [-0.3, -0.25) is 4.79 Å². The molecule has 21 heavy (non-hydrogen) atoms. The zero-order valence-corrected chi connectivity index (χ0v) is 14.4. The Morgan fingerprint density at radius 2 is 1.48 bits per heavy atom. The van der Waals surface area contributed by atoms with Gasteiger partial charge in [0.15, 0.2) is 0 Å². The smallest absolute Gasteiger partial charge is 0.410 e.